The number of nitrogens with one attached hydrogen (secondary N) is 3. The number of hydrogen-bond acceptors (Lipinski definition) is 4. The molecule has 0 bridgehead atoms. The topological polar surface area (TPSA) is 89.3 Å². The summed E-state index contributed by atoms with van der Waals surface area (Å²) < 4.78 is 0. The molecule has 0 aromatic carbocycles. The van der Waals surface area contributed by atoms with Gasteiger partial charge in [-0.25, -0.2) is 9.79 Å². The van der Waals surface area contributed by atoms with Crippen LogP contribution in [-0.4, -0.2) is 43.5 Å². The summed E-state index contributed by atoms with van der Waals surface area (Å²) in [6, 6.07) is 3.14. The lowest BCUT2D eigenvalue weighted by molar-refractivity contribution is 0.0780. The number of rotatable bonds is 3. The van der Waals surface area contributed by atoms with Crippen LogP contribution >= 0.6 is 0 Å². The predicted octanol–water partition coefficient (Wildman–Crippen LogP) is 3.88. The van der Waals surface area contributed by atoms with E-state index in [4.69, 9.17) is 0 Å². The Balaban J connectivity index is 1.34. The van der Waals surface area contributed by atoms with Gasteiger partial charge in [0.05, 0.1) is 17.5 Å². The summed E-state index contributed by atoms with van der Waals surface area (Å²) in [5.74, 6) is 3.46. The number of hydrogen-bond donors (Lipinski definition) is 3. The molecule has 4 fully saturated rings. The second kappa shape index (κ2) is 9.06. The van der Waals surface area contributed by atoms with E-state index in [1.807, 2.05) is 0 Å². The summed E-state index contributed by atoms with van der Waals surface area (Å²) >= 11 is 0. The Bertz CT molecular complexity index is 772. The molecule has 2 amide bonds. The lowest BCUT2D eigenvalue weighted by Gasteiger charge is -2.52. The van der Waals surface area contributed by atoms with Gasteiger partial charge in [-0.2, -0.15) is 5.26 Å². The van der Waals surface area contributed by atoms with Gasteiger partial charge in [0.25, 0.3) is 0 Å². The largest absolute Gasteiger partial charge is 0.341 e. The van der Waals surface area contributed by atoms with Crippen molar-refractivity contribution in [2.24, 2.45) is 45.9 Å². The molecule has 3 N–H and O–H groups in total. The fraction of sp³-hybridized carbons (Fsp3) is 0.885. The molecule has 6 nitrogen and oxygen atoms in total. The van der Waals surface area contributed by atoms with Gasteiger partial charge in [0.2, 0.25) is 0 Å². The van der Waals surface area contributed by atoms with Crippen LogP contribution in [0.1, 0.15) is 71.6 Å². The molecular weight excluding hydrogens is 398 g/mol. The Morgan fingerprint density at radius 3 is 2.53 bits per heavy atom. The quantitative estimate of drug-likeness (QED) is 0.623. The number of fused-ring (bicyclic) bond motifs is 3. The van der Waals surface area contributed by atoms with E-state index < -0.39 is 0 Å². The minimum Gasteiger partial charge on any atom is -0.332 e. The average molecular weight is 440 g/mol. The molecular formula is C26H41N5O. The molecule has 0 aromatic rings. The maximum Gasteiger partial charge on any atom is 0.341 e. The molecule has 2 saturated heterocycles. The number of amides is 2. The van der Waals surface area contributed by atoms with Gasteiger partial charge in [-0.15, -0.1) is 0 Å². The van der Waals surface area contributed by atoms with Crippen LogP contribution in [0.2, 0.25) is 0 Å². The van der Waals surface area contributed by atoms with Gasteiger partial charge in [0.1, 0.15) is 0 Å². The summed E-state index contributed by atoms with van der Waals surface area (Å²) in [4.78, 5) is 17.2. The zero-order valence-corrected chi connectivity index (χ0v) is 19.9. The van der Waals surface area contributed by atoms with E-state index in [1.54, 1.807) is 0 Å². The van der Waals surface area contributed by atoms with Gasteiger partial charge in [-0.1, -0.05) is 0 Å². The minimum atomic E-state index is -0.260. The molecule has 2 aliphatic carbocycles. The Kier molecular flexibility index (Phi) is 6.33. The van der Waals surface area contributed by atoms with Crippen molar-refractivity contribution in [2.75, 3.05) is 19.6 Å². The highest BCUT2D eigenvalue weighted by molar-refractivity contribution is 6.01. The molecule has 2 saturated carbocycles. The molecule has 6 heteroatoms. The first-order valence-corrected chi connectivity index (χ1v) is 13.2. The van der Waals surface area contributed by atoms with E-state index in [1.165, 1.54) is 50.9 Å². The Labute approximate surface area is 193 Å². The zero-order chi connectivity index (χ0) is 22.3. The van der Waals surface area contributed by atoms with E-state index in [0.29, 0.717) is 29.7 Å². The number of aliphatic imine (C=N–C) groups is 1. The number of piperidine rings is 2. The Hall–Kier alpha value is -1.45. The van der Waals surface area contributed by atoms with Crippen molar-refractivity contribution in [1.29, 1.82) is 5.26 Å². The third-order valence-electron chi connectivity index (χ3n) is 9.77. The smallest absolute Gasteiger partial charge is 0.332 e. The normalized spacial score (nSPS) is 42.7. The van der Waals surface area contributed by atoms with E-state index in [-0.39, 0.29) is 17.5 Å². The van der Waals surface area contributed by atoms with Crippen LogP contribution in [0.3, 0.4) is 0 Å². The first-order valence-electron chi connectivity index (χ1n) is 13.2. The van der Waals surface area contributed by atoms with Crippen LogP contribution < -0.4 is 16.0 Å². The summed E-state index contributed by atoms with van der Waals surface area (Å²) in [5.41, 5.74) is 0.954. The first kappa shape index (κ1) is 22.3. The van der Waals surface area contributed by atoms with Gasteiger partial charge < -0.3 is 16.0 Å². The van der Waals surface area contributed by atoms with Crippen molar-refractivity contribution in [3.8, 4) is 6.07 Å². The first-order chi connectivity index (χ1) is 15.5. The molecule has 5 aliphatic rings. The second-order valence-electron chi connectivity index (χ2n) is 11.9. The van der Waals surface area contributed by atoms with Gasteiger partial charge in [0.15, 0.2) is 0 Å². The van der Waals surface area contributed by atoms with Crippen LogP contribution in [-0.2, 0) is 0 Å². The van der Waals surface area contributed by atoms with E-state index in [2.05, 4.69) is 40.9 Å². The van der Waals surface area contributed by atoms with Crippen LogP contribution in [0.4, 0.5) is 4.79 Å². The van der Waals surface area contributed by atoms with E-state index >= 15 is 0 Å². The monoisotopic (exact) mass is 439 g/mol. The second-order valence-corrected chi connectivity index (χ2v) is 11.9. The van der Waals surface area contributed by atoms with Crippen LogP contribution in [0.5, 0.6) is 0 Å². The zero-order valence-electron chi connectivity index (χ0n) is 19.9. The molecule has 32 heavy (non-hydrogen) atoms. The Morgan fingerprint density at radius 2 is 1.81 bits per heavy atom. The van der Waals surface area contributed by atoms with Crippen LogP contribution in [0, 0.1) is 52.3 Å². The number of nitriles is 1. The maximum atomic E-state index is 12.5. The van der Waals surface area contributed by atoms with Crippen molar-refractivity contribution in [3.05, 3.63) is 0 Å². The molecule has 3 heterocycles. The third-order valence-corrected chi connectivity index (χ3v) is 9.77. The fourth-order valence-electron chi connectivity index (χ4n) is 7.82. The standard InChI is InChI=1S/C26H41N5O/c1-26(2,15-27)19-8-5-16(6-9-19)24-23-20-12-17(18-4-3-11-28-13-18)7-10-21(20)29-14-22(23)30-25(32)31-24/h16-23,28-29H,3-14H2,1-2H3,(H,30,32). The summed E-state index contributed by atoms with van der Waals surface area (Å²) in [7, 11) is 0. The highest BCUT2D eigenvalue weighted by Crippen LogP contribution is 2.47. The van der Waals surface area contributed by atoms with Crippen molar-refractivity contribution in [3.63, 3.8) is 0 Å². The van der Waals surface area contributed by atoms with Crippen molar-refractivity contribution >= 4 is 11.7 Å². The lowest BCUT2D eigenvalue weighted by atomic mass is 9.60. The molecule has 3 aliphatic heterocycles. The SMILES string of the molecule is CC(C)(C#N)C1CCC(C2=NC(=O)NC3CNC4CCC(C5CCCNC5)CC4C23)CC1. The molecule has 5 rings (SSSR count). The molecule has 176 valence electrons. The minimum absolute atomic E-state index is 0.134. The highest BCUT2D eigenvalue weighted by atomic mass is 16.2. The van der Waals surface area contributed by atoms with Crippen molar-refractivity contribution in [2.45, 2.75) is 83.7 Å². The number of carbonyl (C=O) groups excluding carboxylic acids is 1. The summed E-state index contributed by atoms with van der Waals surface area (Å²) in [6.45, 7) is 7.40. The van der Waals surface area contributed by atoms with Gasteiger partial charge in [0, 0.05) is 24.2 Å². The predicted molar refractivity (Wildman–Crippen MR) is 126 cm³/mol. The molecule has 0 aromatic heterocycles. The van der Waals surface area contributed by atoms with Crippen molar-refractivity contribution < 1.29 is 4.79 Å². The molecule has 0 spiro atoms. The van der Waals surface area contributed by atoms with Crippen LogP contribution in [0.25, 0.3) is 0 Å². The average Bonchev–Trinajstić information content (AvgIpc) is 2.83. The molecule has 0 radical (unpaired) electrons. The lowest BCUT2D eigenvalue weighted by Crippen LogP contribution is -2.65. The van der Waals surface area contributed by atoms with Crippen LogP contribution in [0.15, 0.2) is 4.99 Å². The highest BCUT2D eigenvalue weighted by Gasteiger charge is 2.49. The third kappa shape index (κ3) is 4.23. The maximum absolute atomic E-state index is 12.5. The Morgan fingerprint density at radius 1 is 1.00 bits per heavy atom. The van der Waals surface area contributed by atoms with Crippen molar-refractivity contribution in [1.82, 2.24) is 16.0 Å². The van der Waals surface area contributed by atoms with Gasteiger partial charge in [-0.3, -0.25) is 0 Å². The fourth-order valence-corrected chi connectivity index (χ4v) is 7.82. The number of nitrogens with zero attached hydrogens (tertiary/aromatic N) is 2. The summed E-state index contributed by atoms with van der Waals surface area (Å²) in [5, 5.41) is 20.2. The summed E-state index contributed by atoms with van der Waals surface area (Å²) in [6.07, 6.45) is 10.9. The van der Waals surface area contributed by atoms with E-state index in [9.17, 15) is 10.1 Å². The van der Waals surface area contributed by atoms with Gasteiger partial charge in [-0.05, 0) is 114 Å². The molecule has 6 unspecified atom stereocenters. The molecule has 6 atom stereocenters. The van der Waals surface area contributed by atoms with E-state index in [0.717, 1.165) is 44.1 Å². The van der Waals surface area contributed by atoms with Gasteiger partial charge >= 0.3 is 6.03 Å². The number of carbonyl (C=O) groups is 1. The number of urea groups is 1.